The Labute approximate surface area is 419 Å². The van der Waals surface area contributed by atoms with Crippen molar-refractivity contribution < 1.29 is 20.1 Å². The number of nitriles is 1. The third-order valence-corrected chi connectivity index (χ3v) is 12.7. The zero-order chi connectivity index (χ0) is 46.2. The summed E-state index contributed by atoms with van der Waals surface area (Å²) in [5, 5.41) is 9.46. The van der Waals surface area contributed by atoms with Gasteiger partial charge in [0, 0.05) is 18.6 Å². The minimum atomic E-state index is 0. The minimum Gasteiger partial charge on any atom is -0.305 e. The number of benzene rings is 7. The molecule has 5 heteroatoms. The van der Waals surface area contributed by atoms with Gasteiger partial charge in [0.15, 0.2) is 0 Å². The van der Waals surface area contributed by atoms with Crippen LogP contribution in [0.5, 0.6) is 0 Å². The molecule has 3 aromatic heterocycles. The maximum Gasteiger partial charge on any atom is 3.00 e. The van der Waals surface area contributed by atoms with Gasteiger partial charge in [-0.2, -0.15) is 5.26 Å². The van der Waals surface area contributed by atoms with Crippen LogP contribution in [0.2, 0.25) is 0 Å². The monoisotopic (exact) mass is 1060 g/mol. The number of nitrogens with zero attached hydrogens (tertiary/aromatic N) is 4. The van der Waals surface area contributed by atoms with Crippen LogP contribution in [0.1, 0.15) is 38.9 Å². The molecular weight excluding hydrogens is 1020 g/mol. The maximum atomic E-state index is 9.46. The molecule has 7 aromatic carbocycles. The first-order valence-corrected chi connectivity index (χ1v) is 23.1. The van der Waals surface area contributed by atoms with Crippen molar-refractivity contribution in [3.05, 3.63) is 258 Å². The molecule has 10 aromatic rings. The Balaban J connectivity index is 0.00000593. The van der Waals surface area contributed by atoms with Crippen LogP contribution in [0.4, 0.5) is 0 Å². The smallest absolute Gasteiger partial charge is 0.305 e. The van der Waals surface area contributed by atoms with E-state index in [9.17, 15) is 5.26 Å². The molecule has 4 nitrogen and oxygen atoms in total. The average Bonchev–Trinajstić information content (AvgIpc) is 3.40. The maximum absolute atomic E-state index is 9.46. The quantitative estimate of drug-likeness (QED) is 0.108. The SMILES string of the molecule is Cc1cc(-c2cc(-c3ccccn3)[c-]cc2-c2ccccc2-c2cc(CCc3c[c-]c(-c4ccccn4)cc3)cc(CCc3c[c-]c(-c4ccccn4)cc3)c2)cc(C)c1-c1ccc(C#N)cc1.[Ir+3]. The molecule has 0 saturated carbocycles. The third kappa shape index (κ3) is 10.6. The predicted octanol–water partition coefficient (Wildman–Crippen LogP) is 15.0. The van der Waals surface area contributed by atoms with Crippen molar-refractivity contribution in [3.8, 4) is 84.3 Å². The molecular formula is C64H47IrN4. The molecule has 69 heavy (non-hydrogen) atoms. The van der Waals surface area contributed by atoms with Crippen molar-refractivity contribution in [1.29, 1.82) is 5.26 Å². The van der Waals surface area contributed by atoms with Crippen LogP contribution >= 0.6 is 0 Å². The summed E-state index contributed by atoms with van der Waals surface area (Å²) >= 11 is 0. The van der Waals surface area contributed by atoms with Gasteiger partial charge in [-0.15, -0.1) is 94.5 Å². The predicted molar refractivity (Wildman–Crippen MR) is 276 cm³/mol. The van der Waals surface area contributed by atoms with E-state index in [0.717, 1.165) is 87.3 Å². The Hall–Kier alpha value is -7.87. The number of aromatic nitrogens is 3. The van der Waals surface area contributed by atoms with Crippen molar-refractivity contribution in [3.63, 3.8) is 0 Å². The summed E-state index contributed by atoms with van der Waals surface area (Å²) in [6.07, 6.45) is 9.03. The molecule has 332 valence electrons. The topological polar surface area (TPSA) is 62.5 Å². The van der Waals surface area contributed by atoms with Crippen molar-refractivity contribution in [2.45, 2.75) is 39.5 Å². The number of aryl methyl sites for hydroxylation is 6. The summed E-state index contributed by atoms with van der Waals surface area (Å²) in [7, 11) is 0. The molecule has 0 N–H and O–H groups in total. The Morgan fingerprint density at radius 3 is 1.38 bits per heavy atom. The van der Waals surface area contributed by atoms with Crippen LogP contribution in [-0.4, -0.2) is 15.0 Å². The van der Waals surface area contributed by atoms with Gasteiger partial charge in [0.25, 0.3) is 0 Å². The molecule has 0 atom stereocenters. The number of hydrogen-bond acceptors (Lipinski definition) is 4. The molecule has 0 aliphatic heterocycles. The van der Waals surface area contributed by atoms with Gasteiger partial charge in [-0.05, 0) is 124 Å². The van der Waals surface area contributed by atoms with Gasteiger partial charge in [-0.3, -0.25) is 0 Å². The second kappa shape index (κ2) is 21.4. The van der Waals surface area contributed by atoms with Crippen LogP contribution in [0, 0.1) is 43.4 Å². The van der Waals surface area contributed by atoms with Crippen LogP contribution in [-0.2, 0) is 45.8 Å². The normalized spacial score (nSPS) is 10.9. The van der Waals surface area contributed by atoms with Gasteiger partial charge in [0.2, 0.25) is 0 Å². The van der Waals surface area contributed by atoms with Crippen molar-refractivity contribution in [2.75, 3.05) is 0 Å². The third-order valence-electron chi connectivity index (χ3n) is 12.7. The summed E-state index contributed by atoms with van der Waals surface area (Å²) in [4.78, 5) is 13.8. The number of rotatable bonds is 13. The first-order valence-electron chi connectivity index (χ1n) is 23.1. The molecule has 0 amide bonds. The van der Waals surface area contributed by atoms with Crippen molar-refractivity contribution in [2.24, 2.45) is 0 Å². The molecule has 0 bridgehead atoms. The first-order chi connectivity index (χ1) is 33.5. The number of hydrogen-bond donors (Lipinski definition) is 0. The van der Waals surface area contributed by atoms with Gasteiger partial charge < -0.3 is 15.0 Å². The standard InChI is InChI=1S/C64H47N4.Ir/c1-44-37-55(38-45(2)64(44)53-30-24-48(43-65)25-31-53)60-42-54(63-15-7-10-36-68-63)32-33-59(60)58-12-4-3-11-57(58)56-40-49(18-16-46-20-26-51(27-21-46)61-13-5-8-34-66-61)39-50(41-56)19-17-47-22-28-52(29-23-47)62-14-6-9-35-67-62;/h3-15,20-26,28,30-31,33-42H,16-19H2,1-2H3;/q-3;+3. The minimum absolute atomic E-state index is 0. The average molecular weight is 1060 g/mol. The van der Waals surface area contributed by atoms with Gasteiger partial charge in [-0.25, -0.2) is 0 Å². The van der Waals surface area contributed by atoms with E-state index >= 15 is 0 Å². The van der Waals surface area contributed by atoms with E-state index in [4.69, 9.17) is 4.98 Å². The fourth-order valence-electron chi connectivity index (χ4n) is 9.25. The zero-order valence-corrected chi connectivity index (χ0v) is 40.9. The molecule has 3 heterocycles. The molecule has 10 rings (SSSR count). The summed E-state index contributed by atoms with van der Waals surface area (Å²) < 4.78 is 0. The Bertz CT molecular complexity index is 3250. The summed E-state index contributed by atoms with van der Waals surface area (Å²) in [5.74, 6) is 0. The van der Waals surface area contributed by atoms with Gasteiger partial charge in [-0.1, -0.05) is 133 Å². The molecule has 0 aliphatic rings. The molecule has 0 fully saturated rings. The van der Waals surface area contributed by atoms with Crippen LogP contribution in [0.25, 0.3) is 78.3 Å². The molecule has 0 aliphatic carbocycles. The van der Waals surface area contributed by atoms with E-state index in [2.05, 4.69) is 151 Å². The molecule has 0 radical (unpaired) electrons. The second-order valence-electron chi connectivity index (χ2n) is 17.3. The second-order valence-corrected chi connectivity index (χ2v) is 17.3. The Morgan fingerprint density at radius 2 is 0.884 bits per heavy atom. The van der Waals surface area contributed by atoms with Gasteiger partial charge >= 0.3 is 20.1 Å². The van der Waals surface area contributed by atoms with Crippen molar-refractivity contribution >= 4 is 0 Å². The van der Waals surface area contributed by atoms with Crippen LogP contribution < -0.4 is 0 Å². The van der Waals surface area contributed by atoms with Crippen LogP contribution in [0.15, 0.2) is 201 Å². The van der Waals surface area contributed by atoms with E-state index < -0.39 is 0 Å². The molecule has 0 unspecified atom stereocenters. The zero-order valence-electron chi connectivity index (χ0n) is 38.5. The number of pyridine rings is 3. The fourth-order valence-corrected chi connectivity index (χ4v) is 9.25. The summed E-state index contributed by atoms with van der Waals surface area (Å²) in [6, 6.07) is 76.5. The summed E-state index contributed by atoms with van der Waals surface area (Å²) in [5.41, 5.74) is 22.8. The van der Waals surface area contributed by atoms with Gasteiger partial charge in [0.05, 0.1) is 11.6 Å². The molecule has 0 spiro atoms. The van der Waals surface area contributed by atoms with E-state index in [1.54, 1.807) is 0 Å². The van der Waals surface area contributed by atoms with Gasteiger partial charge in [0.1, 0.15) is 0 Å². The van der Waals surface area contributed by atoms with E-state index in [0.29, 0.717) is 5.56 Å². The summed E-state index contributed by atoms with van der Waals surface area (Å²) in [6.45, 7) is 4.36. The van der Waals surface area contributed by atoms with E-state index in [1.807, 2.05) is 97.5 Å². The molecule has 0 saturated heterocycles. The Kier molecular flexibility index (Phi) is 14.3. The fraction of sp³-hybridized carbons (Fsp3) is 0.0938. The largest absolute Gasteiger partial charge is 3.00 e. The van der Waals surface area contributed by atoms with Crippen molar-refractivity contribution in [1.82, 2.24) is 15.0 Å². The Morgan fingerprint density at radius 1 is 0.406 bits per heavy atom. The van der Waals surface area contributed by atoms with E-state index in [1.165, 1.54) is 50.1 Å². The van der Waals surface area contributed by atoms with E-state index in [-0.39, 0.29) is 20.1 Å². The first kappa shape index (κ1) is 46.2. The van der Waals surface area contributed by atoms with Crippen LogP contribution in [0.3, 0.4) is 0 Å².